The van der Waals surface area contributed by atoms with Crippen molar-refractivity contribution in [2.45, 2.75) is 12.8 Å². The zero-order valence-corrected chi connectivity index (χ0v) is 10.6. The standard InChI is InChI=1S/C12H16IN/c1-9-2-4-10(5-3-9)12-8-14-7-11(12)6-13/h2-5,11-12,14H,6-8H2,1H3. The predicted molar refractivity (Wildman–Crippen MR) is 69.2 cm³/mol. The summed E-state index contributed by atoms with van der Waals surface area (Å²) in [7, 11) is 0. The molecule has 0 spiro atoms. The van der Waals surface area contributed by atoms with Crippen LogP contribution >= 0.6 is 22.6 Å². The van der Waals surface area contributed by atoms with E-state index in [4.69, 9.17) is 0 Å². The van der Waals surface area contributed by atoms with E-state index in [1.54, 1.807) is 0 Å². The molecular formula is C12H16IN. The lowest BCUT2D eigenvalue weighted by Gasteiger charge is -2.16. The van der Waals surface area contributed by atoms with Crippen LogP contribution in [0.3, 0.4) is 0 Å². The Labute approximate surface area is 99.4 Å². The van der Waals surface area contributed by atoms with Gasteiger partial charge in [-0.2, -0.15) is 0 Å². The maximum absolute atomic E-state index is 3.48. The molecule has 0 saturated carbocycles. The number of alkyl halides is 1. The summed E-state index contributed by atoms with van der Waals surface area (Å²) < 4.78 is 1.25. The second-order valence-corrected chi connectivity index (χ2v) is 4.97. The van der Waals surface area contributed by atoms with Crippen molar-refractivity contribution in [3.8, 4) is 0 Å². The van der Waals surface area contributed by atoms with E-state index in [1.165, 1.54) is 22.1 Å². The molecule has 1 nitrogen and oxygen atoms in total. The van der Waals surface area contributed by atoms with Crippen molar-refractivity contribution >= 4 is 22.6 Å². The molecule has 0 aliphatic carbocycles. The van der Waals surface area contributed by atoms with Crippen LogP contribution in [0, 0.1) is 12.8 Å². The van der Waals surface area contributed by atoms with Gasteiger partial charge < -0.3 is 5.32 Å². The average molecular weight is 301 g/mol. The zero-order chi connectivity index (χ0) is 9.97. The van der Waals surface area contributed by atoms with Gasteiger partial charge in [-0.15, -0.1) is 0 Å². The molecule has 2 atom stereocenters. The molecule has 1 saturated heterocycles. The van der Waals surface area contributed by atoms with Crippen LogP contribution in [0.2, 0.25) is 0 Å². The van der Waals surface area contributed by atoms with Gasteiger partial charge in [-0.3, -0.25) is 0 Å². The number of hydrogen-bond donors (Lipinski definition) is 1. The van der Waals surface area contributed by atoms with E-state index in [9.17, 15) is 0 Å². The number of benzene rings is 1. The first-order chi connectivity index (χ1) is 6.81. The Hall–Kier alpha value is -0.0900. The number of aryl methyl sites for hydroxylation is 1. The summed E-state index contributed by atoms with van der Waals surface area (Å²) >= 11 is 2.50. The minimum absolute atomic E-state index is 0.729. The molecule has 2 rings (SSSR count). The lowest BCUT2D eigenvalue weighted by atomic mass is 9.90. The Morgan fingerprint density at radius 2 is 2.00 bits per heavy atom. The topological polar surface area (TPSA) is 12.0 Å². The largest absolute Gasteiger partial charge is 0.316 e. The van der Waals surface area contributed by atoms with Gasteiger partial charge in [-0.1, -0.05) is 52.4 Å². The molecule has 0 aromatic heterocycles. The highest BCUT2D eigenvalue weighted by atomic mass is 127. The monoisotopic (exact) mass is 301 g/mol. The average Bonchev–Trinajstić information content (AvgIpc) is 2.67. The summed E-state index contributed by atoms with van der Waals surface area (Å²) in [4.78, 5) is 0. The fourth-order valence-electron chi connectivity index (χ4n) is 2.10. The van der Waals surface area contributed by atoms with Gasteiger partial charge in [-0.05, 0) is 24.9 Å². The minimum atomic E-state index is 0.729. The molecule has 1 fully saturated rings. The van der Waals surface area contributed by atoms with Crippen LogP contribution in [-0.4, -0.2) is 17.5 Å². The maximum Gasteiger partial charge on any atom is 0.00421 e. The highest BCUT2D eigenvalue weighted by Gasteiger charge is 2.26. The van der Waals surface area contributed by atoms with Crippen molar-refractivity contribution in [1.82, 2.24) is 5.32 Å². The van der Waals surface area contributed by atoms with Gasteiger partial charge in [0.1, 0.15) is 0 Å². The summed E-state index contributed by atoms with van der Waals surface area (Å²) in [6, 6.07) is 9.01. The Balaban J connectivity index is 2.17. The summed E-state index contributed by atoms with van der Waals surface area (Å²) in [5, 5.41) is 3.48. The third kappa shape index (κ3) is 2.11. The van der Waals surface area contributed by atoms with E-state index in [2.05, 4.69) is 59.1 Å². The van der Waals surface area contributed by atoms with Crippen LogP contribution in [-0.2, 0) is 0 Å². The minimum Gasteiger partial charge on any atom is -0.316 e. The molecule has 0 bridgehead atoms. The van der Waals surface area contributed by atoms with Gasteiger partial charge >= 0.3 is 0 Å². The van der Waals surface area contributed by atoms with Crippen LogP contribution in [0.25, 0.3) is 0 Å². The molecule has 2 heteroatoms. The Bertz CT molecular complexity index is 294. The highest BCUT2D eigenvalue weighted by Crippen LogP contribution is 2.29. The first-order valence-electron chi connectivity index (χ1n) is 5.14. The summed E-state index contributed by atoms with van der Waals surface area (Å²) in [5.41, 5.74) is 2.85. The van der Waals surface area contributed by atoms with E-state index < -0.39 is 0 Å². The molecule has 76 valence electrons. The number of nitrogens with one attached hydrogen (secondary N) is 1. The summed E-state index contributed by atoms with van der Waals surface area (Å²) in [6.07, 6.45) is 0. The van der Waals surface area contributed by atoms with E-state index >= 15 is 0 Å². The molecule has 1 heterocycles. The molecular weight excluding hydrogens is 285 g/mol. The lowest BCUT2D eigenvalue weighted by molar-refractivity contribution is 0.589. The van der Waals surface area contributed by atoms with Gasteiger partial charge in [0.2, 0.25) is 0 Å². The molecule has 0 amide bonds. The van der Waals surface area contributed by atoms with Gasteiger partial charge in [0.05, 0.1) is 0 Å². The lowest BCUT2D eigenvalue weighted by Crippen LogP contribution is -2.11. The van der Waals surface area contributed by atoms with Crippen molar-refractivity contribution in [2.24, 2.45) is 5.92 Å². The van der Waals surface area contributed by atoms with Gasteiger partial charge in [0.25, 0.3) is 0 Å². The Morgan fingerprint density at radius 3 is 2.64 bits per heavy atom. The first-order valence-corrected chi connectivity index (χ1v) is 6.67. The fraction of sp³-hybridized carbons (Fsp3) is 0.500. The van der Waals surface area contributed by atoms with Gasteiger partial charge in [-0.25, -0.2) is 0 Å². The van der Waals surface area contributed by atoms with Crippen molar-refractivity contribution in [3.63, 3.8) is 0 Å². The molecule has 1 aliphatic rings. The van der Waals surface area contributed by atoms with Crippen molar-refractivity contribution in [3.05, 3.63) is 35.4 Å². The molecule has 14 heavy (non-hydrogen) atoms. The summed E-state index contributed by atoms with van der Waals surface area (Å²) in [6.45, 7) is 4.48. The van der Waals surface area contributed by atoms with Crippen LogP contribution in [0.1, 0.15) is 17.0 Å². The van der Waals surface area contributed by atoms with Crippen LogP contribution in [0.15, 0.2) is 24.3 Å². The SMILES string of the molecule is Cc1ccc(C2CNCC2CI)cc1. The van der Waals surface area contributed by atoms with Crippen LogP contribution < -0.4 is 5.32 Å². The maximum atomic E-state index is 3.48. The molecule has 2 unspecified atom stereocenters. The zero-order valence-electron chi connectivity index (χ0n) is 8.46. The Morgan fingerprint density at radius 1 is 1.29 bits per heavy atom. The third-order valence-electron chi connectivity index (χ3n) is 3.04. The van der Waals surface area contributed by atoms with Crippen molar-refractivity contribution in [1.29, 1.82) is 0 Å². The molecule has 0 radical (unpaired) electrons. The van der Waals surface area contributed by atoms with E-state index in [0.29, 0.717) is 0 Å². The van der Waals surface area contributed by atoms with Gasteiger partial charge in [0.15, 0.2) is 0 Å². The van der Waals surface area contributed by atoms with E-state index in [-0.39, 0.29) is 0 Å². The fourth-order valence-corrected chi connectivity index (χ4v) is 3.02. The molecule has 1 N–H and O–H groups in total. The quantitative estimate of drug-likeness (QED) is 0.654. The smallest absolute Gasteiger partial charge is 0.00421 e. The molecule has 1 aliphatic heterocycles. The van der Waals surface area contributed by atoms with E-state index in [1.807, 2.05) is 0 Å². The normalized spacial score (nSPS) is 26.7. The van der Waals surface area contributed by atoms with Crippen molar-refractivity contribution < 1.29 is 0 Å². The first kappa shape index (κ1) is 10.4. The summed E-state index contributed by atoms with van der Waals surface area (Å²) in [5.74, 6) is 1.55. The van der Waals surface area contributed by atoms with Crippen LogP contribution in [0.5, 0.6) is 0 Å². The van der Waals surface area contributed by atoms with Gasteiger partial charge in [0, 0.05) is 16.9 Å². The second-order valence-electron chi connectivity index (χ2n) is 4.09. The predicted octanol–water partition coefficient (Wildman–Crippen LogP) is 2.73. The Kier molecular flexibility index (Phi) is 3.44. The number of hydrogen-bond acceptors (Lipinski definition) is 1. The van der Waals surface area contributed by atoms with Crippen molar-refractivity contribution in [2.75, 3.05) is 17.5 Å². The van der Waals surface area contributed by atoms with Crippen LogP contribution in [0.4, 0.5) is 0 Å². The third-order valence-corrected chi connectivity index (χ3v) is 4.17. The number of rotatable bonds is 2. The highest BCUT2D eigenvalue weighted by molar-refractivity contribution is 14.1. The number of halogens is 1. The van der Waals surface area contributed by atoms with E-state index in [0.717, 1.165) is 18.4 Å². The second kappa shape index (κ2) is 4.62. The molecule has 1 aromatic carbocycles. The molecule has 1 aromatic rings.